The second-order valence-corrected chi connectivity index (χ2v) is 3.85. The standard InChI is InChI=1S/C13H14ClNO2/c1-3-9-4-5-10(8-15)12(7-14)11(9)6-13(16)17-2/h4-5H,3,6-7H2,1-2H3. The molecule has 17 heavy (non-hydrogen) atoms. The van der Waals surface area contributed by atoms with Gasteiger partial charge in [0, 0.05) is 5.88 Å². The van der Waals surface area contributed by atoms with Crippen LogP contribution in [0.2, 0.25) is 0 Å². The Balaban J connectivity index is 3.30. The number of aryl methyl sites for hydroxylation is 1. The van der Waals surface area contributed by atoms with Gasteiger partial charge >= 0.3 is 5.97 Å². The van der Waals surface area contributed by atoms with Crippen LogP contribution in [0.15, 0.2) is 12.1 Å². The Morgan fingerprint density at radius 3 is 2.65 bits per heavy atom. The molecule has 0 atom stereocenters. The van der Waals surface area contributed by atoms with E-state index in [1.165, 1.54) is 7.11 Å². The highest BCUT2D eigenvalue weighted by Crippen LogP contribution is 2.22. The molecular weight excluding hydrogens is 238 g/mol. The molecule has 0 bridgehead atoms. The molecule has 0 spiro atoms. The van der Waals surface area contributed by atoms with Gasteiger partial charge in [-0.15, -0.1) is 11.6 Å². The van der Waals surface area contributed by atoms with Gasteiger partial charge in [-0.3, -0.25) is 4.79 Å². The number of esters is 1. The fourth-order valence-corrected chi connectivity index (χ4v) is 2.07. The number of carbonyl (C=O) groups excluding carboxylic acids is 1. The molecule has 0 unspecified atom stereocenters. The molecule has 90 valence electrons. The summed E-state index contributed by atoms with van der Waals surface area (Å²) < 4.78 is 4.66. The lowest BCUT2D eigenvalue weighted by atomic mass is 9.94. The number of hydrogen-bond acceptors (Lipinski definition) is 3. The van der Waals surface area contributed by atoms with E-state index in [2.05, 4.69) is 10.8 Å². The molecule has 0 aliphatic heterocycles. The minimum Gasteiger partial charge on any atom is -0.469 e. The maximum atomic E-state index is 11.4. The number of alkyl halides is 1. The van der Waals surface area contributed by atoms with Gasteiger partial charge in [0.15, 0.2) is 0 Å². The van der Waals surface area contributed by atoms with E-state index < -0.39 is 0 Å². The summed E-state index contributed by atoms with van der Waals surface area (Å²) in [6, 6.07) is 5.71. The summed E-state index contributed by atoms with van der Waals surface area (Å²) in [7, 11) is 1.35. The molecule has 3 nitrogen and oxygen atoms in total. The first-order chi connectivity index (χ1) is 8.17. The number of methoxy groups -OCH3 is 1. The quantitative estimate of drug-likeness (QED) is 0.610. The highest BCUT2D eigenvalue weighted by molar-refractivity contribution is 6.17. The fraction of sp³-hybridized carbons (Fsp3) is 0.385. The molecule has 0 saturated heterocycles. The lowest BCUT2D eigenvalue weighted by Crippen LogP contribution is -2.10. The number of nitrogens with zero attached hydrogens (tertiary/aromatic N) is 1. The van der Waals surface area contributed by atoms with E-state index in [-0.39, 0.29) is 18.3 Å². The van der Waals surface area contributed by atoms with Gasteiger partial charge in [0.05, 0.1) is 25.2 Å². The molecule has 0 fully saturated rings. The molecule has 0 N–H and O–H groups in total. The number of benzene rings is 1. The van der Waals surface area contributed by atoms with Crippen molar-refractivity contribution in [2.75, 3.05) is 7.11 Å². The molecular formula is C13H14ClNO2. The Bertz CT molecular complexity index is 463. The van der Waals surface area contributed by atoms with Gasteiger partial charge in [-0.05, 0) is 29.2 Å². The zero-order valence-electron chi connectivity index (χ0n) is 9.92. The topological polar surface area (TPSA) is 50.1 Å². The molecule has 0 heterocycles. The molecule has 1 aromatic rings. The van der Waals surface area contributed by atoms with Crippen LogP contribution in [0.5, 0.6) is 0 Å². The van der Waals surface area contributed by atoms with Crippen LogP contribution in [-0.4, -0.2) is 13.1 Å². The maximum Gasteiger partial charge on any atom is 0.309 e. The van der Waals surface area contributed by atoms with E-state index in [4.69, 9.17) is 16.9 Å². The Labute approximate surface area is 106 Å². The first kappa shape index (κ1) is 13.5. The normalized spacial score (nSPS) is 9.76. The SMILES string of the molecule is CCc1ccc(C#N)c(CCl)c1CC(=O)OC. The van der Waals surface area contributed by atoms with Crippen LogP contribution >= 0.6 is 11.6 Å². The summed E-state index contributed by atoms with van der Waals surface area (Å²) in [6.07, 6.45) is 0.958. The monoisotopic (exact) mass is 251 g/mol. The van der Waals surface area contributed by atoms with Crippen LogP contribution in [0.4, 0.5) is 0 Å². The summed E-state index contributed by atoms with van der Waals surface area (Å²) in [5, 5.41) is 9.00. The van der Waals surface area contributed by atoms with Crippen LogP contribution in [0.3, 0.4) is 0 Å². The van der Waals surface area contributed by atoms with Crippen LogP contribution in [0.1, 0.15) is 29.2 Å². The number of carbonyl (C=O) groups is 1. The van der Waals surface area contributed by atoms with Gasteiger partial charge in [0.2, 0.25) is 0 Å². The number of hydrogen-bond donors (Lipinski definition) is 0. The van der Waals surface area contributed by atoms with E-state index >= 15 is 0 Å². The van der Waals surface area contributed by atoms with E-state index in [0.717, 1.165) is 23.1 Å². The van der Waals surface area contributed by atoms with Crippen molar-refractivity contribution < 1.29 is 9.53 Å². The Morgan fingerprint density at radius 2 is 2.18 bits per heavy atom. The van der Waals surface area contributed by atoms with Gasteiger partial charge in [0.1, 0.15) is 0 Å². The lowest BCUT2D eigenvalue weighted by Gasteiger charge is -2.13. The third-order valence-corrected chi connectivity index (χ3v) is 2.98. The zero-order chi connectivity index (χ0) is 12.8. The molecule has 0 aliphatic carbocycles. The molecule has 0 amide bonds. The number of halogens is 1. The second-order valence-electron chi connectivity index (χ2n) is 3.58. The summed E-state index contributed by atoms with van der Waals surface area (Å²) in [6.45, 7) is 2.00. The lowest BCUT2D eigenvalue weighted by molar-refractivity contribution is -0.139. The van der Waals surface area contributed by atoms with Crippen LogP contribution in [0, 0.1) is 11.3 Å². The maximum absolute atomic E-state index is 11.4. The molecule has 1 rings (SSSR count). The van der Waals surface area contributed by atoms with Gasteiger partial charge < -0.3 is 4.74 Å². The Hall–Kier alpha value is -1.53. The summed E-state index contributed by atoms with van der Waals surface area (Å²) >= 11 is 5.87. The van der Waals surface area contributed by atoms with Crippen LogP contribution in [-0.2, 0) is 28.3 Å². The van der Waals surface area contributed by atoms with Gasteiger partial charge in [-0.1, -0.05) is 13.0 Å². The van der Waals surface area contributed by atoms with Crippen molar-refractivity contribution in [1.82, 2.24) is 0 Å². The average Bonchev–Trinajstić information content (AvgIpc) is 2.37. The van der Waals surface area contributed by atoms with E-state index in [0.29, 0.717) is 5.56 Å². The molecule has 0 aliphatic rings. The van der Waals surface area contributed by atoms with E-state index in [9.17, 15) is 4.79 Å². The predicted octanol–water partition coefficient (Wildman–Crippen LogP) is 2.57. The molecule has 0 saturated carbocycles. The van der Waals surface area contributed by atoms with Crippen molar-refractivity contribution in [3.8, 4) is 6.07 Å². The first-order valence-electron chi connectivity index (χ1n) is 5.34. The van der Waals surface area contributed by atoms with Crippen molar-refractivity contribution in [2.45, 2.75) is 25.6 Å². The fourth-order valence-electron chi connectivity index (χ4n) is 1.77. The Morgan fingerprint density at radius 1 is 1.47 bits per heavy atom. The van der Waals surface area contributed by atoms with Crippen molar-refractivity contribution in [3.05, 3.63) is 34.4 Å². The Kier molecular flexibility index (Phi) is 4.99. The van der Waals surface area contributed by atoms with Crippen molar-refractivity contribution >= 4 is 17.6 Å². The highest BCUT2D eigenvalue weighted by Gasteiger charge is 2.15. The van der Waals surface area contributed by atoms with E-state index in [1.54, 1.807) is 6.07 Å². The van der Waals surface area contributed by atoms with Gasteiger partial charge in [0.25, 0.3) is 0 Å². The van der Waals surface area contributed by atoms with Gasteiger partial charge in [-0.25, -0.2) is 0 Å². The largest absolute Gasteiger partial charge is 0.469 e. The van der Waals surface area contributed by atoms with Crippen molar-refractivity contribution in [2.24, 2.45) is 0 Å². The molecule has 0 radical (unpaired) electrons. The highest BCUT2D eigenvalue weighted by atomic mass is 35.5. The molecule has 4 heteroatoms. The minimum absolute atomic E-state index is 0.164. The number of ether oxygens (including phenoxy) is 1. The summed E-state index contributed by atoms with van der Waals surface area (Å²) in [5.41, 5.74) is 3.12. The van der Waals surface area contributed by atoms with Crippen molar-refractivity contribution in [3.63, 3.8) is 0 Å². The number of rotatable bonds is 4. The van der Waals surface area contributed by atoms with E-state index in [1.807, 2.05) is 13.0 Å². The molecule has 0 aromatic heterocycles. The average molecular weight is 252 g/mol. The second kappa shape index (κ2) is 6.27. The van der Waals surface area contributed by atoms with Crippen LogP contribution in [0.25, 0.3) is 0 Å². The van der Waals surface area contributed by atoms with Crippen LogP contribution < -0.4 is 0 Å². The summed E-state index contributed by atoms with van der Waals surface area (Å²) in [5.74, 6) is -0.0931. The zero-order valence-corrected chi connectivity index (χ0v) is 10.7. The minimum atomic E-state index is -0.318. The smallest absolute Gasteiger partial charge is 0.309 e. The van der Waals surface area contributed by atoms with Crippen molar-refractivity contribution in [1.29, 1.82) is 5.26 Å². The first-order valence-corrected chi connectivity index (χ1v) is 5.87. The number of nitriles is 1. The predicted molar refractivity (Wildman–Crippen MR) is 65.8 cm³/mol. The molecule has 1 aromatic carbocycles. The van der Waals surface area contributed by atoms with Gasteiger partial charge in [-0.2, -0.15) is 5.26 Å². The summed E-state index contributed by atoms with van der Waals surface area (Å²) in [4.78, 5) is 11.4. The third-order valence-electron chi connectivity index (χ3n) is 2.71. The third kappa shape index (κ3) is 2.98.